The summed E-state index contributed by atoms with van der Waals surface area (Å²) in [5.74, 6) is 0.437. The van der Waals surface area contributed by atoms with Crippen molar-refractivity contribution in [3.05, 3.63) is 52.7 Å². The van der Waals surface area contributed by atoms with Crippen molar-refractivity contribution in [3.8, 4) is 11.1 Å². The lowest BCUT2D eigenvalue weighted by Gasteiger charge is -2.08. The SMILES string of the molecule is CCNC(=O)Nc1cn2c(C(=O)C3CC3)cc(-c3cc[nH]c(=O)c3)cc2n1. The summed E-state index contributed by atoms with van der Waals surface area (Å²) in [4.78, 5) is 43.2. The van der Waals surface area contributed by atoms with Crippen molar-refractivity contribution in [1.82, 2.24) is 19.7 Å². The van der Waals surface area contributed by atoms with E-state index in [9.17, 15) is 14.4 Å². The molecule has 3 heterocycles. The van der Waals surface area contributed by atoms with Crippen LogP contribution in [0.1, 0.15) is 30.3 Å². The summed E-state index contributed by atoms with van der Waals surface area (Å²) in [5.41, 5.74) is 2.25. The number of hydrogen-bond donors (Lipinski definition) is 3. The number of ketones is 1. The number of Topliss-reactive ketones (excluding diaryl/α,β-unsaturated/α-hetero) is 1. The van der Waals surface area contributed by atoms with Crippen molar-refractivity contribution < 1.29 is 9.59 Å². The first-order valence-electron chi connectivity index (χ1n) is 8.86. The molecule has 0 atom stereocenters. The molecule has 3 N–H and O–H groups in total. The molecule has 8 heteroatoms. The fourth-order valence-electron chi connectivity index (χ4n) is 3.00. The van der Waals surface area contributed by atoms with Gasteiger partial charge in [0.05, 0.1) is 11.9 Å². The highest BCUT2D eigenvalue weighted by molar-refractivity contribution is 6.00. The number of pyridine rings is 2. The molecule has 27 heavy (non-hydrogen) atoms. The third-order valence-corrected chi connectivity index (χ3v) is 4.46. The molecule has 2 amide bonds. The number of nitrogens with one attached hydrogen (secondary N) is 3. The highest BCUT2D eigenvalue weighted by Gasteiger charge is 2.32. The van der Waals surface area contributed by atoms with E-state index >= 15 is 0 Å². The first-order chi connectivity index (χ1) is 13.0. The number of carbonyl (C=O) groups excluding carboxylic acids is 2. The van der Waals surface area contributed by atoms with Crippen molar-refractivity contribution >= 4 is 23.3 Å². The Balaban J connectivity index is 1.82. The number of anilines is 1. The first-order valence-corrected chi connectivity index (χ1v) is 8.86. The van der Waals surface area contributed by atoms with Gasteiger partial charge in [0.15, 0.2) is 11.6 Å². The van der Waals surface area contributed by atoms with Gasteiger partial charge in [-0.15, -0.1) is 0 Å². The lowest BCUT2D eigenvalue weighted by molar-refractivity contribution is 0.0961. The summed E-state index contributed by atoms with van der Waals surface area (Å²) in [6.07, 6.45) is 4.97. The van der Waals surface area contributed by atoms with Crippen molar-refractivity contribution in [3.63, 3.8) is 0 Å². The number of urea groups is 1. The molecule has 138 valence electrons. The molecule has 8 nitrogen and oxygen atoms in total. The molecule has 4 rings (SSSR count). The highest BCUT2D eigenvalue weighted by atomic mass is 16.2. The average molecular weight is 365 g/mol. The predicted octanol–water partition coefficient (Wildman–Crippen LogP) is 2.42. The van der Waals surface area contributed by atoms with Crippen LogP contribution in [-0.2, 0) is 0 Å². The fourth-order valence-corrected chi connectivity index (χ4v) is 3.00. The number of amides is 2. The zero-order valence-corrected chi connectivity index (χ0v) is 14.8. The molecular weight excluding hydrogens is 346 g/mol. The summed E-state index contributed by atoms with van der Waals surface area (Å²) < 4.78 is 1.69. The fraction of sp³-hybridized carbons (Fsp3) is 0.263. The van der Waals surface area contributed by atoms with Crippen molar-refractivity contribution in [2.75, 3.05) is 11.9 Å². The van der Waals surface area contributed by atoms with Gasteiger partial charge in [-0.1, -0.05) is 0 Å². The van der Waals surface area contributed by atoms with Gasteiger partial charge in [0, 0.05) is 24.7 Å². The van der Waals surface area contributed by atoms with E-state index in [1.54, 1.807) is 35.0 Å². The van der Waals surface area contributed by atoms with E-state index in [1.165, 1.54) is 6.07 Å². The lowest BCUT2D eigenvalue weighted by atomic mass is 10.0. The van der Waals surface area contributed by atoms with Crippen LogP contribution in [0.15, 0.2) is 41.5 Å². The van der Waals surface area contributed by atoms with E-state index in [0.29, 0.717) is 29.3 Å². The van der Waals surface area contributed by atoms with Gasteiger partial charge in [0.2, 0.25) is 5.56 Å². The lowest BCUT2D eigenvalue weighted by Crippen LogP contribution is -2.28. The molecule has 0 aliphatic heterocycles. The average Bonchev–Trinajstić information content (AvgIpc) is 3.41. The summed E-state index contributed by atoms with van der Waals surface area (Å²) in [5, 5.41) is 5.31. The predicted molar refractivity (Wildman–Crippen MR) is 101 cm³/mol. The number of rotatable bonds is 5. The van der Waals surface area contributed by atoms with E-state index in [2.05, 4.69) is 20.6 Å². The second-order valence-electron chi connectivity index (χ2n) is 6.55. The van der Waals surface area contributed by atoms with Gasteiger partial charge >= 0.3 is 6.03 Å². The molecule has 0 bridgehead atoms. The molecule has 3 aromatic heterocycles. The smallest absolute Gasteiger partial charge is 0.320 e. The van der Waals surface area contributed by atoms with Crippen LogP contribution in [0.4, 0.5) is 10.6 Å². The van der Waals surface area contributed by atoms with Crippen LogP contribution in [0.3, 0.4) is 0 Å². The number of H-pyrrole nitrogens is 1. The number of imidazole rings is 1. The van der Waals surface area contributed by atoms with E-state index in [4.69, 9.17) is 0 Å². The largest absolute Gasteiger partial charge is 0.338 e. The van der Waals surface area contributed by atoms with Gasteiger partial charge in [0.25, 0.3) is 0 Å². The zero-order chi connectivity index (χ0) is 19.0. The normalized spacial score (nSPS) is 13.5. The Morgan fingerprint density at radius 2 is 2.07 bits per heavy atom. The van der Waals surface area contributed by atoms with Crippen molar-refractivity contribution in [2.45, 2.75) is 19.8 Å². The Hall–Kier alpha value is -3.42. The van der Waals surface area contributed by atoms with E-state index < -0.39 is 0 Å². The molecular formula is C19H19N5O3. The number of nitrogens with zero attached hydrogens (tertiary/aromatic N) is 2. The second kappa shape index (κ2) is 6.71. The van der Waals surface area contributed by atoms with Crippen LogP contribution in [0.25, 0.3) is 16.8 Å². The minimum absolute atomic E-state index is 0.0322. The minimum atomic E-state index is -0.356. The molecule has 0 saturated heterocycles. The van der Waals surface area contributed by atoms with E-state index in [-0.39, 0.29) is 23.3 Å². The molecule has 1 aliphatic carbocycles. The molecule has 0 unspecified atom stereocenters. The van der Waals surface area contributed by atoms with Crippen molar-refractivity contribution in [1.29, 1.82) is 0 Å². The van der Waals surface area contributed by atoms with E-state index in [1.807, 2.05) is 6.92 Å². The van der Waals surface area contributed by atoms with Crippen LogP contribution >= 0.6 is 0 Å². The van der Waals surface area contributed by atoms with E-state index in [0.717, 1.165) is 18.4 Å². The van der Waals surface area contributed by atoms with Gasteiger partial charge in [-0.3, -0.25) is 19.3 Å². The standard InChI is InChI=1S/C19H19N5O3/c1-2-20-19(27)23-15-10-24-14(18(26)11-3-4-11)7-13(8-16(24)22-15)12-5-6-21-17(25)9-12/h5-11H,2-4H2,1H3,(H,21,25)(H2,20,23,27). The number of hydrogen-bond acceptors (Lipinski definition) is 4. The maximum atomic E-state index is 12.8. The molecule has 0 aromatic carbocycles. The molecule has 1 fully saturated rings. The van der Waals surface area contributed by atoms with Gasteiger partial charge in [0.1, 0.15) is 5.65 Å². The Morgan fingerprint density at radius 3 is 2.78 bits per heavy atom. The summed E-state index contributed by atoms with van der Waals surface area (Å²) >= 11 is 0. The first kappa shape index (κ1) is 17.0. The zero-order valence-electron chi connectivity index (χ0n) is 14.8. The van der Waals surface area contributed by atoms with Crippen LogP contribution in [-0.4, -0.2) is 32.7 Å². The Labute approximate surface area is 154 Å². The summed E-state index contributed by atoms with van der Waals surface area (Å²) in [6, 6.07) is 6.47. The van der Waals surface area contributed by atoms with Gasteiger partial charge in [-0.05, 0) is 49.1 Å². The summed E-state index contributed by atoms with van der Waals surface area (Å²) in [6.45, 7) is 2.32. The Kier molecular flexibility index (Phi) is 4.23. The van der Waals surface area contributed by atoms with Gasteiger partial charge in [-0.25, -0.2) is 9.78 Å². The molecule has 0 radical (unpaired) electrons. The monoisotopic (exact) mass is 365 g/mol. The molecule has 3 aromatic rings. The maximum absolute atomic E-state index is 12.8. The minimum Gasteiger partial charge on any atom is -0.338 e. The third-order valence-electron chi connectivity index (χ3n) is 4.46. The summed E-state index contributed by atoms with van der Waals surface area (Å²) in [7, 11) is 0. The third kappa shape index (κ3) is 3.46. The van der Waals surface area contributed by atoms with Gasteiger partial charge in [-0.2, -0.15) is 0 Å². The number of carbonyl (C=O) groups is 2. The quantitative estimate of drug-likeness (QED) is 0.603. The highest BCUT2D eigenvalue weighted by Crippen LogP contribution is 2.34. The molecule has 1 aliphatic rings. The van der Waals surface area contributed by atoms with Crippen LogP contribution in [0.2, 0.25) is 0 Å². The van der Waals surface area contributed by atoms with Crippen LogP contribution in [0.5, 0.6) is 0 Å². The van der Waals surface area contributed by atoms with Crippen molar-refractivity contribution in [2.24, 2.45) is 5.92 Å². The van der Waals surface area contributed by atoms with Gasteiger partial charge < -0.3 is 10.3 Å². The number of fused-ring (bicyclic) bond motifs is 1. The van der Waals surface area contributed by atoms with Crippen LogP contribution in [0, 0.1) is 5.92 Å². The van der Waals surface area contributed by atoms with Crippen LogP contribution < -0.4 is 16.2 Å². The second-order valence-corrected chi connectivity index (χ2v) is 6.55. The molecule has 1 saturated carbocycles. The molecule has 0 spiro atoms. The maximum Gasteiger partial charge on any atom is 0.320 e. The number of aromatic nitrogens is 3. The number of aromatic amines is 1. The Morgan fingerprint density at radius 1 is 1.26 bits per heavy atom. The topological polar surface area (TPSA) is 108 Å². The Bertz CT molecular complexity index is 1090.